The van der Waals surface area contributed by atoms with Gasteiger partial charge in [0, 0.05) is 6.04 Å². The van der Waals surface area contributed by atoms with Gasteiger partial charge >= 0.3 is 6.03 Å². The number of hydrogen-bond acceptors (Lipinski definition) is 3. The van der Waals surface area contributed by atoms with Crippen molar-refractivity contribution < 1.29 is 14.3 Å². The SMILES string of the molecule is COc1ccc(OCCNC(=O)N[C@H]2C[C@@H]3C[C@@H]2[C@H]2CCC[C@H]32)cc1. The Morgan fingerprint density at radius 1 is 1.08 bits per heavy atom. The summed E-state index contributed by atoms with van der Waals surface area (Å²) >= 11 is 0. The molecule has 3 saturated carbocycles. The summed E-state index contributed by atoms with van der Waals surface area (Å²) in [6, 6.07) is 7.79. The second-order valence-electron chi connectivity index (χ2n) is 7.68. The molecule has 25 heavy (non-hydrogen) atoms. The number of fused-ring (bicyclic) bond motifs is 5. The molecule has 5 nitrogen and oxygen atoms in total. The molecule has 0 radical (unpaired) electrons. The van der Waals surface area contributed by atoms with Crippen LogP contribution in [0.4, 0.5) is 4.79 Å². The molecule has 0 aromatic heterocycles. The Labute approximate surface area is 149 Å². The van der Waals surface area contributed by atoms with Gasteiger partial charge in [-0.05, 0) is 73.6 Å². The van der Waals surface area contributed by atoms with E-state index in [0.29, 0.717) is 19.2 Å². The van der Waals surface area contributed by atoms with E-state index in [0.717, 1.165) is 35.2 Å². The van der Waals surface area contributed by atoms with Crippen LogP contribution in [0.1, 0.15) is 32.1 Å². The van der Waals surface area contributed by atoms with Crippen LogP contribution in [0.15, 0.2) is 24.3 Å². The van der Waals surface area contributed by atoms with Crippen LogP contribution in [-0.4, -0.2) is 32.3 Å². The van der Waals surface area contributed by atoms with Gasteiger partial charge in [-0.2, -0.15) is 0 Å². The van der Waals surface area contributed by atoms with Crippen LogP contribution in [0.3, 0.4) is 0 Å². The molecule has 1 aromatic carbocycles. The van der Waals surface area contributed by atoms with Gasteiger partial charge in [-0.15, -0.1) is 0 Å². The quantitative estimate of drug-likeness (QED) is 0.779. The minimum Gasteiger partial charge on any atom is -0.497 e. The fourth-order valence-corrected chi connectivity index (χ4v) is 5.46. The Kier molecular flexibility index (Phi) is 4.73. The molecule has 2 N–H and O–H groups in total. The number of rotatable bonds is 6. The highest BCUT2D eigenvalue weighted by Crippen LogP contribution is 2.58. The third-order valence-corrected chi connectivity index (χ3v) is 6.46. The first-order valence-electron chi connectivity index (χ1n) is 9.56. The van der Waals surface area contributed by atoms with Gasteiger partial charge < -0.3 is 20.1 Å². The molecule has 0 aliphatic heterocycles. The Morgan fingerprint density at radius 2 is 1.84 bits per heavy atom. The molecule has 0 unspecified atom stereocenters. The second-order valence-corrected chi connectivity index (χ2v) is 7.68. The number of amides is 2. The molecule has 3 aliphatic rings. The normalized spacial score (nSPS) is 32.3. The molecule has 0 saturated heterocycles. The van der Waals surface area contributed by atoms with Crippen LogP contribution in [-0.2, 0) is 0 Å². The first kappa shape index (κ1) is 16.6. The summed E-state index contributed by atoms with van der Waals surface area (Å²) in [5, 5.41) is 6.14. The Morgan fingerprint density at radius 3 is 2.64 bits per heavy atom. The average Bonchev–Trinajstić information content (AvgIpc) is 3.32. The van der Waals surface area contributed by atoms with E-state index < -0.39 is 0 Å². The van der Waals surface area contributed by atoms with Crippen LogP contribution in [0.2, 0.25) is 0 Å². The van der Waals surface area contributed by atoms with Gasteiger partial charge in [0.15, 0.2) is 0 Å². The van der Waals surface area contributed by atoms with E-state index in [2.05, 4.69) is 10.6 Å². The molecule has 1 aromatic rings. The number of methoxy groups -OCH3 is 1. The topological polar surface area (TPSA) is 59.6 Å². The number of ether oxygens (including phenoxy) is 2. The fraction of sp³-hybridized carbons (Fsp3) is 0.650. The van der Waals surface area contributed by atoms with Crippen LogP contribution < -0.4 is 20.1 Å². The van der Waals surface area contributed by atoms with Gasteiger partial charge in [-0.25, -0.2) is 4.79 Å². The zero-order valence-electron chi connectivity index (χ0n) is 14.9. The highest BCUT2D eigenvalue weighted by atomic mass is 16.5. The standard InChI is InChI=1S/C20H28N2O3/c1-24-14-5-7-15(8-6-14)25-10-9-21-20(23)22-19-12-13-11-18(19)17-4-2-3-16(13)17/h5-8,13,16-19H,2-4,9-12H2,1H3,(H2,21,22,23)/t13-,16+,17-,18+,19-/m0/s1. The van der Waals surface area contributed by atoms with E-state index in [1.165, 1.54) is 32.1 Å². The van der Waals surface area contributed by atoms with Gasteiger partial charge in [-0.3, -0.25) is 0 Å². The lowest BCUT2D eigenvalue weighted by molar-refractivity contribution is 0.196. The minimum absolute atomic E-state index is 0.0505. The third-order valence-electron chi connectivity index (χ3n) is 6.46. The second kappa shape index (κ2) is 7.14. The van der Waals surface area contributed by atoms with E-state index in [1.807, 2.05) is 24.3 Å². The van der Waals surface area contributed by atoms with Crippen molar-refractivity contribution in [3.63, 3.8) is 0 Å². The van der Waals surface area contributed by atoms with Crippen molar-refractivity contribution in [3.05, 3.63) is 24.3 Å². The smallest absolute Gasteiger partial charge is 0.315 e. The van der Waals surface area contributed by atoms with Gasteiger partial charge in [0.05, 0.1) is 13.7 Å². The highest BCUT2D eigenvalue weighted by molar-refractivity contribution is 5.74. The lowest BCUT2D eigenvalue weighted by atomic mass is 9.79. The average molecular weight is 344 g/mol. The van der Waals surface area contributed by atoms with E-state index in [1.54, 1.807) is 7.11 Å². The maximum atomic E-state index is 12.2. The van der Waals surface area contributed by atoms with Crippen molar-refractivity contribution in [2.75, 3.05) is 20.3 Å². The van der Waals surface area contributed by atoms with Gasteiger partial charge in [-0.1, -0.05) is 6.42 Å². The van der Waals surface area contributed by atoms with Crippen LogP contribution >= 0.6 is 0 Å². The number of urea groups is 1. The summed E-state index contributed by atoms with van der Waals surface area (Å²) in [6.07, 6.45) is 6.71. The zero-order chi connectivity index (χ0) is 17.2. The number of benzene rings is 1. The molecule has 4 rings (SSSR count). The van der Waals surface area contributed by atoms with E-state index >= 15 is 0 Å². The maximum Gasteiger partial charge on any atom is 0.315 e. The number of nitrogens with one attached hydrogen (secondary N) is 2. The van der Waals surface area contributed by atoms with Crippen molar-refractivity contribution in [1.29, 1.82) is 0 Å². The molecule has 5 atom stereocenters. The predicted octanol–water partition coefficient (Wildman–Crippen LogP) is 3.20. The molecule has 5 heteroatoms. The minimum atomic E-state index is -0.0505. The summed E-state index contributed by atoms with van der Waals surface area (Å²) in [4.78, 5) is 12.2. The maximum absolute atomic E-state index is 12.2. The zero-order valence-corrected chi connectivity index (χ0v) is 14.9. The lowest BCUT2D eigenvalue weighted by Gasteiger charge is -2.32. The Hall–Kier alpha value is -1.91. The lowest BCUT2D eigenvalue weighted by Crippen LogP contribution is -2.47. The van der Waals surface area contributed by atoms with E-state index in [4.69, 9.17) is 9.47 Å². The van der Waals surface area contributed by atoms with Crippen molar-refractivity contribution in [2.45, 2.75) is 38.1 Å². The van der Waals surface area contributed by atoms with Crippen molar-refractivity contribution in [1.82, 2.24) is 10.6 Å². The Bertz CT molecular complexity index is 603. The van der Waals surface area contributed by atoms with Crippen LogP contribution in [0.25, 0.3) is 0 Å². The van der Waals surface area contributed by atoms with E-state index in [9.17, 15) is 4.79 Å². The number of carbonyl (C=O) groups excluding carboxylic acids is 1. The molecule has 3 aliphatic carbocycles. The predicted molar refractivity (Wildman–Crippen MR) is 95.9 cm³/mol. The highest BCUT2D eigenvalue weighted by Gasteiger charge is 2.53. The molecule has 0 heterocycles. The molecule has 2 bridgehead atoms. The van der Waals surface area contributed by atoms with Gasteiger partial charge in [0.1, 0.15) is 18.1 Å². The number of hydrogen-bond donors (Lipinski definition) is 2. The molecular formula is C20H28N2O3. The summed E-state index contributed by atoms with van der Waals surface area (Å²) in [7, 11) is 1.64. The van der Waals surface area contributed by atoms with Crippen LogP contribution in [0, 0.1) is 23.7 Å². The summed E-state index contributed by atoms with van der Waals surface area (Å²) in [6.45, 7) is 0.964. The third kappa shape index (κ3) is 3.42. The summed E-state index contributed by atoms with van der Waals surface area (Å²) < 4.78 is 10.7. The van der Waals surface area contributed by atoms with Gasteiger partial charge in [0.2, 0.25) is 0 Å². The molecular weight excluding hydrogens is 316 g/mol. The summed E-state index contributed by atoms with van der Waals surface area (Å²) in [5.74, 6) is 5.01. The van der Waals surface area contributed by atoms with Crippen molar-refractivity contribution in [2.24, 2.45) is 23.7 Å². The number of carbonyl (C=O) groups is 1. The Balaban J connectivity index is 1.16. The van der Waals surface area contributed by atoms with Crippen molar-refractivity contribution >= 4 is 6.03 Å². The van der Waals surface area contributed by atoms with E-state index in [-0.39, 0.29) is 6.03 Å². The molecule has 136 valence electrons. The molecule has 0 spiro atoms. The first-order valence-corrected chi connectivity index (χ1v) is 9.56. The largest absolute Gasteiger partial charge is 0.497 e. The molecule has 2 amide bonds. The fourth-order valence-electron chi connectivity index (χ4n) is 5.46. The van der Waals surface area contributed by atoms with Crippen LogP contribution in [0.5, 0.6) is 11.5 Å². The molecule has 3 fully saturated rings. The first-order chi connectivity index (χ1) is 12.2. The summed E-state index contributed by atoms with van der Waals surface area (Å²) in [5.41, 5.74) is 0. The van der Waals surface area contributed by atoms with Crippen molar-refractivity contribution in [3.8, 4) is 11.5 Å². The monoisotopic (exact) mass is 344 g/mol. The van der Waals surface area contributed by atoms with Gasteiger partial charge in [0.25, 0.3) is 0 Å².